The number of aliphatic hydroxyl groups excluding tert-OH is 1. The summed E-state index contributed by atoms with van der Waals surface area (Å²) in [5, 5.41) is 18.5. The fraction of sp³-hybridized carbons (Fsp3) is 0.400. The third-order valence-electron chi connectivity index (χ3n) is 6.29. The summed E-state index contributed by atoms with van der Waals surface area (Å²) < 4.78 is 5.25. The first kappa shape index (κ1) is 24.8. The molecule has 1 amide bonds. The van der Waals surface area contributed by atoms with Crippen molar-refractivity contribution in [2.75, 3.05) is 19.8 Å². The summed E-state index contributed by atoms with van der Waals surface area (Å²) in [5.41, 5.74) is 9.52. The van der Waals surface area contributed by atoms with E-state index in [-0.39, 0.29) is 37.4 Å². The maximum atomic E-state index is 12.7. The summed E-state index contributed by atoms with van der Waals surface area (Å²) in [5.74, 6) is -0.115. The summed E-state index contributed by atoms with van der Waals surface area (Å²) >= 11 is 1.60. The highest BCUT2D eigenvalue weighted by Gasteiger charge is 2.25. The molecule has 1 aromatic carbocycles. The minimum atomic E-state index is -0.661. The number of fused-ring (bicyclic) bond motifs is 1. The number of thiazole rings is 1. The fourth-order valence-electron chi connectivity index (χ4n) is 4.55. The molecule has 34 heavy (non-hydrogen) atoms. The van der Waals surface area contributed by atoms with Crippen molar-refractivity contribution in [2.45, 2.75) is 44.4 Å². The summed E-state index contributed by atoms with van der Waals surface area (Å²) in [6.45, 7) is 2.47. The summed E-state index contributed by atoms with van der Waals surface area (Å²) in [7, 11) is 0. The van der Waals surface area contributed by atoms with Gasteiger partial charge in [-0.1, -0.05) is 24.3 Å². The van der Waals surface area contributed by atoms with Gasteiger partial charge < -0.3 is 20.5 Å². The quantitative estimate of drug-likeness (QED) is 0.481. The molecule has 7 nitrogen and oxygen atoms in total. The van der Waals surface area contributed by atoms with Gasteiger partial charge in [0.1, 0.15) is 0 Å². The molecule has 1 saturated heterocycles. The monoisotopic (exact) mass is 500 g/mol. The Bertz CT molecular complexity index is 1110. The third-order valence-corrected chi connectivity index (χ3v) is 6.88. The third kappa shape index (κ3) is 5.82. The van der Waals surface area contributed by atoms with E-state index in [0.717, 1.165) is 48.6 Å². The van der Waals surface area contributed by atoms with Crippen LogP contribution < -0.4 is 10.6 Å². The van der Waals surface area contributed by atoms with Gasteiger partial charge in [0.15, 0.2) is 0 Å². The number of nitrogens with zero attached hydrogens (tertiary/aromatic N) is 2. The number of hydrogen-bond donors (Lipinski definition) is 3. The Hall–Kier alpha value is -2.36. The highest BCUT2D eigenvalue weighted by molar-refractivity contribution is 7.07. The number of carbonyl (C=O) groups is 1. The number of carbonyl (C=O) groups excluding carboxylic acids is 1. The van der Waals surface area contributed by atoms with E-state index < -0.39 is 6.10 Å². The first-order valence-electron chi connectivity index (χ1n) is 11.4. The van der Waals surface area contributed by atoms with E-state index in [0.29, 0.717) is 13.0 Å². The Labute approximate surface area is 209 Å². The second kappa shape index (κ2) is 11.4. The smallest absolute Gasteiger partial charge is 0.226 e. The average molecular weight is 501 g/mol. The lowest BCUT2D eigenvalue weighted by atomic mass is 9.93. The van der Waals surface area contributed by atoms with Crippen LogP contribution in [0.2, 0.25) is 0 Å². The summed E-state index contributed by atoms with van der Waals surface area (Å²) in [6, 6.07) is 10.4. The van der Waals surface area contributed by atoms with Crippen LogP contribution >= 0.6 is 23.7 Å². The maximum absolute atomic E-state index is 12.7. The van der Waals surface area contributed by atoms with E-state index in [1.54, 1.807) is 11.3 Å². The Morgan fingerprint density at radius 1 is 1.29 bits per heavy atom. The molecule has 5 rings (SSSR count). The van der Waals surface area contributed by atoms with E-state index in [1.165, 1.54) is 16.7 Å². The van der Waals surface area contributed by atoms with Crippen molar-refractivity contribution in [2.24, 2.45) is 0 Å². The fourth-order valence-corrected chi connectivity index (χ4v) is 5.11. The van der Waals surface area contributed by atoms with Crippen molar-refractivity contribution in [3.63, 3.8) is 0 Å². The van der Waals surface area contributed by atoms with E-state index in [4.69, 9.17) is 9.72 Å². The van der Waals surface area contributed by atoms with Crippen molar-refractivity contribution in [3.8, 4) is 11.3 Å². The Kier molecular flexibility index (Phi) is 8.28. The molecule has 0 aliphatic carbocycles. The number of aliphatic hydroxyl groups is 1. The first-order chi connectivity index (χ1) is 16.2. The molecule has 0 unspecified atom stereocenters. The number of rotatable bonds is 6. The largest absolute Gasteiger partial charge is 0.389 e. The summed E-state index contributed by atoms with van der Waals surface area (Å²) in [6.07, 6.45) is 1.90. The van der Waals surface area contributed by atoms with Gasteiger partial charge in [-0.15, -0.1) is 23.7 Å². The van der Waals surface area contributed by atoms with E-state index in [1.807, 2.05) is 5.51 Å². The Morgan fingerprint density at radius 3 is 2.91 bits per heavy atom. The van der Waals surface area contributed by atoms with Crippen molar-refractivity contribution in [1.29, 1.82) is 0 Å². The molecule has 2 aliphatic heterocycles. The molecule has 4 heterocycles. The van der Waals surface area contributed by atoms with Crippen LogP contribution in [0.15, 0.2) is 41.2 Å². The standard InChI is InChI=1S/C25H28N4O3S.ClH/c30-24-13-32-8-6-21(24)29-25(31)11-19-10-18(20-5-7-26-12-22(20)28-19)9-16-1-3-17(4-2-16)23-14-33-15-27-23;/h1-4,10,14-15,21,24,26,30H,5-9,11-13H2,(H,29,31);1H/t21-,24-;/m1./s1. The molecule has 3 aromatic rings. The van der Waals surface area contributed by atoms with E-state index >= 15 is 0 Å². The molecule has 0 bridgehead atoms. The van der Waals surface area contributed by atoms with E-state index in [9.17, 15) is 9.90 Å². The molecule has 2 aliphatic rings. The zero-order valence-electron chi connectivity index (χ0n) is 18.8. The van der Waals surface area contributed by atoms with Crippen LogP contribution in [-0.2, 0) is 35.3 Å². The van der Waals surface area contributed by atoms with E-state index in [2.05, 4.69) is 51.3 Å². The number of benzene rings is 1. The number of nitrogens with one attached hydrogen (secondary N) is 2. The lowest BCUT2D eigenvalue weighted by molar-refractivity contribution is -0.123. The van der Waals surface area contributed by atoms with Gasteiger partial charge in [-0.25, -0.2) is 4.98 Å². The van der Waals surface area contributed by atoms with Gasteiger partial charge in [0.2, 0.25) is 5.91 Å². The second-order valence-electron chi connectivity index (χ2n) is 8.65. The lowest BCUT2D eigenvalue weighted by Gasteiger charge is -2.28. The molecule has 1 fully saturated rings. The molecule has 0 saturated carbocycles. The molecule has 3 N–H and O–H groups in total. The van der Waals surface area contributed by atoms with Crippen molar-refractivity contribution >= 4 is 29.7 Å². The number of ether oxygens (including phenoxy) is 1. The molecule has 0 radical (unpaired) electrons. The number of pyridine rings is 1. The highest BCUT2D eigenvalue weighted by atomic mass is 35.5. The molecule has 0 spiro atoms. The molecule has 9 heteroatoms. The van der Waals surface area contributed by atoms with Crippen LogP contribution in [0.5, 0.6) is 0 Å². The molecule has 180 valence electrons. The van der Waals surface area contributed by atoms with Gasteiger partial charge in [0, 0.05) is 24.1 Å². The SMILES string of the molecule is Cl.O=C(Cc1cc(Cc2ccc(-c3cscn3)cc2)c2c(n1)CNCC2)N[C@@H]1CCOC[C@H]1O. The molecule has 2 aromatic heterocycles. The highest BCUT2D eigenvalue weighted by Crippen LogP contribution is 2.24. The van der Waals surface area contributed by atoms with Crippen LogP contribution in [0.3, 0.4) is 0 Å². The lowest BCUT2D eigenvalue weighted by Crippen LogP contribution is -2.49. The minimum absolute atomic E-state index is 0. The maximum Gasteiger partial charge on any atom is 0.226 e. The van der Waals surface area contributed by atoms with Crippen LogP contribution in [0.1, 0.15) is 34.5 Å². The zero-order valence-corrected chi connectivity index (χ0v) is 20.5. The van der Waals surface area contributed by atoms with Crippen molar-refractivity contribution < 1.29 is 14.6 Å². The normalized spacial score (nSPS) is 19.7. The molecule has 2 atom stereocenters. The zero-order chi connectivity index (χ0) is 22.6. The topological polar surface area (TPSA) is 96.4 Å². The van der Waals surface area contributed by atoms with Gasteiger partial charge in [0.05, 0.1) is 47.8 Å². The Balaban J connectivity index is 0.00000274. The van der Waals surface area contributed by atoms with Gasteiger partial charge in [0.25, 0.3) is 0 Å². The van der Waals surface area contributed by atoms with Gasteiger partial charge >= 0.3 is 0 Å². The number of amides is 1. The summed E-state index contributed by atoms with van der Waals surface area (Å²) in [4.78, 5) is 21.9. The molecular formula is C25H29ClN4O3S. The van der Waals surface area contributed by atoms with Crippen LogP contribution in [0, 0.1) is 0 Å². The Morgan fingerprint density at radius 2 is 2.15 bits per heavy atom. The number of hydrogen-bond acceptors (Lipinski definition) is 7. The number of halogens is 1. The minimum Gasteiger partial charge on any atom is -0.389 e. The van der Waals surface area contributed by atoms with Crippen molar-refractivity contribution in [1.82, 2.24) is 20.6 Å². The van der Waals surface area contributed by atoms with Crippen LogP contribution in [0.25, 0.3) is 11.3 Å². The second-order valence-corrected chi connectivity index (χ2v) is 9.37. The number of aromatic nitrogens is 2. The van der Waals surface area contributed by atoms with Gasteiger partial charge in [-0.3, -0.25) is 9.78 Å². The van der Waals surface area contributed by atoms with Gasteiger partial charge in [-0.05, 0) is 48.6 Å². The van der Waals surface area contributed by atoms with Crippen LogP contribution in [-0.4, -0.2) is 52.9 Å². The van der Waals surface area contributed by atoms with Gasteiger partial charge in [-0.2, -0.15) is 0 Å². The predicted octanol–water partition coefficient (Wildman–Crippen LogP) is 2.67. The predicted molar refractivity (Wildman–Crippen MR) is 134 cm³/mol. The van der Waals surface area contributed by atoms with Crippen LogP contribution in [0.4, 0.5) is 0 Å². The first-order valence-corrected chi connectivity index (χ1v) is 12.3. The van der Waals surface area contributed by atoms with Crippen molar-refractivity contribution in [3.05, 3.63) is 69.3 Å². The average Bonchev–Trinajstić information content (AvgIpc) is 3.36. The molecular weight excluding hydrogens is 472 g/mol.